The molecule has 2 aromatic rings. The molecule has 1 aromatic carbocycles. The van der Waals surface area contributed by atoms with Gasteiger partial charge in [-0.05, 0) is 83.4 Å². The van der Waals surface area contributed by atoms with Gasteiger partial charge in [0.1, 0.15) is 18.0 Å². The summed E-state index contributed by atoms with van der Waals surface area (Å²) in [5.41, 5.74) is 4.73. The minimum absolute atomic E-state index is 0.109. The number of nitrogens with zero attached hydrogens (tertiary/aromatic N) is 5. The van der Waals surface area contributed by atoms with Gasteiger partial charge in [-0.15, -0.1) is 0 Å². The number of piperazine rings is 1. The molecule has 2 saturated heterocycles. The summed E-state index contributed by atoms with van der Waals surface area (Å²) in [6.45, 7) is 8.78. The maximum Gasteiger partial charge on any atom is 0.410 e. The third-order valence-corrected chi connectivity index (χ3v) is 9.18. The highest BCUT2D eigenvalue weighted by molar-refractivity contribution is 5.69. The molecule has 3 heterocycles. The molecule has 2 aliphatic carbocycles. The van der Waals surface area contributed by atoms with Gasteiger partial charge in [0.15, 0.2) is 0 Å². The Morgan fingerprint density at radius 3 is 2.80 bits per heavy atom. The zero-order valence-corrected chi connectivity index (χ0v) is 24.6. The lowest BCUT2D eigenvalue weighted by atomic mass is 9.69. The molecule has 3 atom stereocenters. The van der Waals surface area contributed by atoms with Crippen molar-refractivity contribution >= 4 is 11.9 Å². The van der Waals surface area contributed by atoms with Crippen molar-refractivity contribution in [2.24, 2.45) is 0 Å². The van der Waals surface area contributed by atoms with Gasteiger partial charge < -0.3 is 24.6 Å². The van der Waals surface area contributed by atoms with Gasteiger partial charge in [-0.2, -0.15) is 15.2 Å². The van der Waals surface area contributed by atoms with Crippen LogP contribution in [0.4, 0.5) is 10.6 Å². The van der Waals surface area contributed by atoms with Crippen molar-refractivity contribution in [2.45, 2.75) is 95.2 Å². The predicted molar refractivity (Wildman–Crippen MR) is 156 cm³/mol. The Morgan fingerprint density at radius 1 is 1.20 bits per heavy atom. The second-order valence-electron chi connectivity index (χ2n) is 13.1. The Bertz CT molecular complexity index is 1330. The van der Waals surface area contributed by atoms with E-state index in [9.17, 15) is 10.1 Å². The number of nitrogens with one attached hydrogen (secondary N) is 1. The summed E-state index contributed by atoms with van der Waals surface area (Å²) in [6, 6.07) is 11.6. The van der Waals surface area contributed by atoms with Crippen LogP contribution in [0.2, 0.25) is 0 Å². The number of carbonyl (C=O) groups excluding carboxylic acids is 1. The summed E-state index contributed by atoms with van der Waals surface area (Å²) < 4.78 is 11.9. The molecule has 2 fully saturated rings. The minimum Gasteiger partial charge on any atom is -0.462 e. The Morgan fingerprint density at radius 2 is 2.02 bits per heavy atom. The first-order valence-electron chi connectivity index (χ1n) is 15.2. The van der Waals surface area contributed by atoms with E-state index in [0.717, 1.165) is 63.0 Å². The highest BCUT2D eigenvalue weighted by Gasteiger charge is 2.43. The number of aromatic nitrogens is 2. The monoisotopic (exact) mass is 558 g/mol. The van der Waals surface area contributed by atoms with Crippen molar-refractivity contribution in [2.75, 3.05) is 37.7 Å². The van der Waals surface area contributed by atoms with E-state index in [1.165, 1.54) is 16.7 Å². The largest absolute Gasteiger partial charge is 0.462 e. The molecule has 1 unspecified atom stereocenters. The van der Waals surface area contributed by atoms with Crippen LogP contribution in [0.5, 0.6) is 6.01 Å². The Hall–Kier alpha value is -3.38. The van der Waals surface area contributed by atoms with Crippen molar-refractivity contribution in [1.29, 1.82) is 5.26 Å². The number of ether oxygens (including phenoxy) is 2. The molecular weight excluding hydrogens is 516 g/mol. The minimum atomic E-state index is -0.591. The smallest absolute Gasteiger partial charge is 0.410 e. The van der Waals surface area contributed by atoms with Crippen LogP contribution < -0.4 is 15.0 Å². The molecule has 1 amide bonds. The van der Waals surface area contributed by atoms with Crippen molar-refractivity contribution in [3.8, 4) is 12.1 Å². The molecule has 1 N–H and O–H groups in total. The second kappa shape index (κ2) is 11.1. The molecule has 41 heavy (non-hydrogen) atoms. The summed E-state index contributed by atoms with van der Waals surface area (Å²) in [4.78, 5) is 27.0. The fourth-order valence-corrected chi connectivity index (χ4v) is 7.17. The highest BCUT2D eigenvalue weighted by atomic mass is 16.6. The van der Waals surface area contributed by atoms with E-state index in [-0.39, 0.29) is 24.0 Å². The molecule has 9 nitrogen and oxygen atoms in total. The number of anilines is 1. The van der Waals surface area contributed by atoms with Gasteiger partial charge >= 0.3 is 12.1 Å². The lowest BCUT2D eigenvalue weighted by molar-refractivity contribution is 0.0144. The average Bonchev–Trinajstić information content (AvgIpc) is 3.59. The second-order valence-corrected chi connectivity index (χ2v) is 13.1. The Kier molecular flexibility index (Phi) is 7.54. The first-order valence-corrected chi connectivity index (χ1v) is 15.2. The number of nitriles is 1. The van der Waals surface area contributed by atoms with Crippen LogP contribution >= 0.6 is 0 Å². The number of benzene rings is 1. The van der Waals surface area contributed by atoms with E-state index < -0.39 is 5.60 Å². The number of carbonyl (C=O) groups is 1. The van der Waals surface area contributed by atoms with E-state index in [4.69, 9.17) is 19.4 Å². The third-order valence-electron chi connectivity index (χ3n) is 9.18. The first kappa shape index (κ1) is 27.8. The first-order chi connectivity index (χ1) is 19.7. The molecule has 6 rings (SSSR count). The Balaban J connectivity index is 1.30. The van der Waals surface area contributed by atoms with Gasteiger partial charge in [-0.1, -0.05) is 24.3 Å². The molecule has 218 valence electrons. The van der Waals surface area contributed by atoms with E-state index >= 15 is 0 Å². The maximum absolute atomic E-state index is 13.0. The lowest BCUT2D eigenvalue weighted by Crippen LogP contribution is -2.56. The molecule has 0 bridgehead atoms. The fourth-order valence-electron chi connectivity index (χ4n) is 7.17. The molecule has 0 saturated carbocycles. The van der Waals surface area contributed by atoms with Crippen molar-refractivity contribution < 1.29 is 14.3 Å². The standard InChI is InChI=1S/C32H42N6O3/c1-31(2,3)41-30(39)38-18-17-37(20-24(38)12-15-33)28-25-11-14-32(13-10-22-7-4-5-9-26(22)32)19-27(25)35-29(36-28)40-21-23-8-6-16-34-23/h4-5,7,9,23-24,34H,6,8,10-14,16-21H2,1-3H3/t23-,24-,32?/m0/s1. The van der Waals surface area contributed by atoms with Crippen LogP contribution in [0.3, 0.4) is 0 Å². The van der Waals surface area contributed by atoms with E-state index in [1.807, 2.05) is 20.8 Å². The number of fused-ring (bicyclic) bond motifs is 3. The fraction of sp³-hybridized carbons (Fsp3) is 0.625. The number of hydrogen-bond donors (Lipinski definition) is 1. The van der Waals surface area contributed by atoms with E-state index in [2.05, 4.69) is 40.6 Å². The normalized spacial score (nSPS) is 25.5. The highest BCUT2D eigenvalue weighted by Crippen LogP contribution is 2.48. The predicted octanol–water partition coefficient (Wildman–Crippen LogP) is 4.32. The average molecular weight is 559 g/mol. The topological polar surface area (TPSA) is 104 Å². The molecule has 1 spiro atoms. The summed E-state index contributed by atoms with van der Waals surface area (Å²) >= 11 is 0. The molecule has 1 aromatic heterocycles. The molecule has 9 heteroatoms. The van der Waals surface area contributed by atoms with Gasteiger partial charge in [0.2, 0.25) is 0 Å². The van der Waals surface area contributed by atoms with Gasteiger partial charge in [0.05, 0.1) is 24.2 Å². The molecule has 2 aliphatic heterocycles. The quantitative estimate of drug-likeness (QED) is 0.579. The maximum atomic E-state index is 13.0. The third kappa shape index (κ3) is 5.72. The SMILES string of the molecule is CC(C)(C)OC(=O)N1CCN(c2nc(OC[C@@H]3CCCN3)nc3c2CCC2(CCc4ccccc42)C3)C[C@@H]1CC#N. The van der Waals surface area contributed by atoms with Crippen LogP contribution in [0, 0.1) is 11.3 Å². The Labute approximate surface area is 243 Å². The van der Waals surface area contributed by atoms with Crippen LogP contribution in [-0.2, 0) is 29.4 Å². The van der Waals surface area contributed by atoms with Gasteiger partial charge in [-0.3, -0.25) is 0 Å². The van der Waals surface area contributed by atoms with Crippen LogP contribution in [0.1, 0.15) is 75.3 Å². The van der Waals surface area contributed by atoms with Crippen LogP contribution in [0.15, 0.2) is 24.3 Å². The number of aryl methyl sites for hydroxylation is 1. The van der Waals surface area contributed by atoms with Crippen molar-refractivity contribution in [3.63, 3.8) is 0 Å². The molecular formula is C32H42N6O3. The van der Waals surface area contributed by atoms with Crippen LogP contribution in [0.25, 0.3) is 0 Å². The summed E-state index contributed by atoms with van der Waals surface area (Å²) in [5.74, 6) is 0.900. The molecule has 4 aliphatic rings. The van der Waals surface area contributed by atoms with Crippen molar-refractivity contribution in [1.82, 2.24) is 20.2 Å². The van der Waals surface area contributed by atoms with Crippen LogP contribution in [-0.4, -0.2) is 71.4 Å². The number of rotatable bonds is 5. The summed E-state index contributed by atoms with van der Waals surface area (Å²) in [5, 5.41) is 13.1. The number of amides is 1. The zero-order valence-electron chi connectivity index (χ0n) is 24.6. The van der Waals surface area contributed by atoms with Crippen molar-refractivity contribution in [3.05, 3.63) is 46.6 Å². The lowest BCUT2D eigenvalue weighted by Gasteiger charge is -2.43. The molecule has 0 radical (unpaired) electrons. The zero-order chi connectivity index (χ0) is 28.6. The van der Waals surface area contributed by atoms with E-state index in [1.54, 1.807) is 4.90 Å². The van der Waals surface area contributed by atoms with Gasteiger partial charge in [0.25, 0.3) is 0 Å². The summed E-state index contributed by atoms with van der Waals surface area (Å²) in [7, 11) is 0. The van der Waals surface area contributed by atoms with Gasteiger partial charge in [0, 0.05) is 36.7 Å². The number of hydrogen-bond acceptors (Lipinski definition) is 8. The van der Waals surface area contributed by atoms with E-state index in [0.29, 0.717) is 38.3 Å². The summed E-state index contributed by atoms with van der Waals surface area (Å²) in [6.07, 6.45) is 7.24. The van der Waals surface area contributed by atoms with Gasteiger partial charge in [-0.25, -0.2) is 4.79 Å².